The number of nitrogens with zero attached hydrogens (tertiary/aromatic N) is 2. The van der Waals surface area contributed by atoms with E-state index in [0.717, 1.165) is 22.7 Å². The van der Waals surface area contributed by atoms with Crippen LogP contribution < -0.4 is 15.0 Å². The molecule has 0 amide bonds. The van der Waals surface area contributed by atoms with Gasteiger partial charge in [-0.05, 0) is 94.7 Å². The third-order valence-corrected chi connectivity index (χ3v) is 13.1. The molecule has 0 atom stereocenters. The van der Waals surface area contributed by atoms with Crippen molar-refractivity contribution in [2.24, 2.45) is 0 Å². The van der Waals surface area contributed by atoms with Gasteiger partial charge in [0.05, 0.1) is 13.8 Å². The largest absolute Gasteiger partial charge is 0.310 e. The molecule has 8 aromatic carbocycles. The SMILES string of the molecule is C[Si](C)(C)c1ccc(N(c2ccccc2)c2ccc3c(c2)Sc2cccc4c(N(c5ccccc5)c5ccc6ccccc6c5)ccc-3c24)cc1. The molecule has 2 nitrogen and oxygen atoms in total. The quantitative estimate of drug-likeness (QED) is 0.154. The molecular formula is C47H38N2SSi. The minimum absolute atomic E-state index is 1.14. The highest BCUT2D eigenvalue weighted by Crippen LogP contribution is 2.52. The molecule has 9 rings (SSSR count). The smallest absolute Gasteiger partial charge is 0.0775 e. The van der Waals surface area contributed by atoms with Gasteiger partial charge in [-0.15, -0.1) is 0 Å². The van der Waals surface area contributed by atoms with Crippen LogP contribution >= 0.6 is 11.8 Å². The van der Waals surface area contributed by atoms with Crippen molar-refractivity contribution in [1.29, 1.82) is 0 Å². The maximum atomic E-state index is 2.41. The van der Waals surface area contributed by atoms with Gasteiger partial charge in [-0.1, -0.05) is 140 Å². The van der Waals surface area contributed by atoms with Crippen molar-refractivity contribution in [3.05, 3.63) is 176 Å². The van der Waals surface area contributed by atoms with Gasteiger partial charge < -0.3 is 9.80 Å². The van der Waals surface area contributed by atoms with E-state index in [4.69, 9.17) is 0 Å². The molecule has 0 saturated carbocycles. The molecule has 0 saturated heterocycles. The third kappa shape index (κ3) is 5.71. The lowest BCUT2D eigenvalue weighted by atomic mass is 9.95. The number of hydrogen-bond acceptors (Lipinski definition) is 3. The summed E-state index contributed by atoms with van der Waals surface area (Å²) in [5.41, 5.74) is 9.50. The lowest BCUT2D eigenvalue weighted by molar-refractivity contribution is 1.26. The average molecular weight is 691 g/mol. The molecule has 1 aliphatic rings. The van der Waals surface area contributed by atoms with Gasteiger partial charge in [-0.25, -0.2) is 0 Å². The monoisotopic (exact) mass is 690 g/mol. The van der Waals surface area contributed by atoms with Gasteiger partial charge in [-0.3, -0.25) is 0 Å². The standard InChI is InChI=1S/C47H38N2SSi/c1-51(2,3)40-26-23-37(24-27-40)48(35-15-6-4-7-16-35)39-25-28-41-42-29-30-44(43-19-12-20-45(47(42)43)50-46(41)32-39)49(36-17-8-5-9-18-36)38-22-21-33-13-10-11-14-34(33)31-38/h4-32H,1-3H3. The predicted octanol–water partition coefficient (Wildman–Crippen LogP) is 13.6. The fourth-order valence-corrected chi connectivity index (χ4v) is 9.73. The zero-order valence-electron chi connectivity index (χ0n) is 29.0. The molecular weight excluding hydrogens is 653 g/mol. The molecule has 0 unspecified atom stereocenters. The van der Waals surface area contributed by atoms with Gasteiger partial charge in [0.25, 0.3) is 0 Å². The van der Waals surface area contributed by atoms with Gasteiger partial charge in [0.15, 0.2) is 0 Å². The number of rotatable bonds is 7. The minimum atomic E-state index is -1.41. The predicted molar refractivity (Wildman–Crippen MR) is 223 cm³/mol. The van der Waals surface area contributed by atoms with Crippen molar-refractivity contribution < 1.29 is 0 Å². The van der Waals surface area contributed by atoms with Gasteiger partial charge in [-0.2, -0.15) is 0 Å². The molecule has 51 heavy (non-hydrogen) atoms. The summed E-state index contributed by atoms with van der Waals surface area (Å²) in [5.74, 6) is 0. The summed E-state index contributed by atoms with van der Waals surface area (Å²) >= 11 is 1.88. The van der Waals surface area contributed by atoms with Crippen LogP contribution in [-0.4, -0.2) is 8.07 Å². The second-order valence-electron chi connectivity index (χ2n) is 14.3. The van der Waals surface area contributed by atoms with E-state index in [1.54, 1.807) is 0 Å². The van der Waals surface area contributed by atoms with Crippen LogP contribution in [0.1, 0.15) is 0 Å². The maximum absolute atomic E-state index is 2.41. The Kier molecular flexibility index (Phi) is 7.79. The summed E-state index contributed by atoms with van der Waals surface area (Å²) in [6.07, 6.45) is 0. The Hall–Kier alpha value is -5.55. The lowest BCUT2D eigenvalue weighted by Gasteiger charge is -2.30. The normalized spacial score (nSPS) is 12.1. The summed E-state index contributed by atoms with van der Waals surface area (Å²) in [6, 6.07) is 64.5. The summed E-state index contributed by atoms with van der Waals surface area (Å²) < 4.78 is 0. The van der Waals surface area contributed by atoms with Crippen molar-refractivity contribution in [1.82, 2.24) is 0 Å². The van der Waals surface area contributed by atoms with Crippen LogP contribution in [0.15, 0.2) is 186 Å². The highest BCUT2D eigenvalue weighted by Gasteiger charge is 2.25. The number of para-hydroxylation sites is 2. The summed E-state index contributed by atoms with van der Waals surface area (Å²) in [5, 5.41) is 6.50. The van der Waals surface area contributed by atoms with Gasteiger partial charge in [0.2, 0.25) is 0 Å². The van der Waals surface area contributed by atoms with Crippen molar-refractivity contribution in [3.63, 3.8) is 0 Å². The molecule has 0 fully saturated rings. The number of benzene rings is 8. The number of fused-ring (bicyclic) bond motifs is 3. The van der Waals surface area contributed by atoms with E-state index in [1.807, 2.05) is 11.8 Å². The van der Waals surface area contributed by atoms with E-state index < -0.39 is 8.07 Å². The Morgan fingerprint density at radius 3 is 1.73 bits per heavy atom. The van der Waals surface area contributed by atoms with Crippen LogP contribution in [0.3, 0.4) is 0 Å². The molecule has 4 heteroatoms. The average Bonchev–Trinajstić information content (AvgIpc) is 3.16. The van der Waals surface area contributed by atoms with Crippen molar-refractivity contribution in [2.45, 2.75) is 29.4 Å². The van der Waals surface area contributed by atoms with Crippen LogP contribution in [0, 0.1) is 0 Å². The Labute approximate surface area is 305 Å². The van der Waals surface area contributed by atoms with E-state index in [1.165, 1.54) is 59.0 Å². The molecule has 0 N–H and O–H groups in total. The number of hydrogen-bond donors (Lipinski definition) is 0. The van der Waals surface area contributed by atoms with Crippen molar-refractivity contribution >= 4 is 80.7 Å². The third-order valence-electron chi connectivity index (χ3n) is 9.97. The van der Waals surface area contributed by atoms with Crippen LogP contribution in [-0.2, 0) is 0 Å². The summed E-state index contributed by atoms with van der Waals surface area (Å²) in [6.45, 7) is 7.21. The van der Waals surface area contributed by atoms with E-state index in [2.05, 4.69) is 205 Å². The first-order chi connectivity index (χ1) is 24.9. The Morgan fingerprint density at radius 2 is 1.00 bits per heavy atom. The van der Waals surface area contributed by atoms with Crippen LogP contribution in [0.2, 0.25) is 19.6 Å². The van der Waals surface area contributed by atoms with E-state index in [9.17, 15) is 0 Å². The fraction of sp³-hybridized carbons (Fsp3) is 0.0638. The van der Waals surface area contributed by atoms with Crippen molar-refractivity contribution in [2.75, 3.05) is 9.80 Å². The van der Waals surface area contributed by atoms with E-state index in [0.29, 0.717) is 0 Å². The molecule has 8 aromatic rings. The zero-order valence-corrected chi connectivity index (χ0v) is 30.9. The number of anilines is 6. The Bertz CT molecular complexity index is 2540. The van der Waals surface area contributed by atoms with E-state index in [-0.39, 0.29) is 0 Å². The van der Waals surface area contributed by atoms with Crippen molar-refractivity contribution in [3.8, 4) is 11.1 Å². The first-order valence-electron chi connectivity index (χ1n) is 17.6. The molecule has 1 heterocycles. The van der Waals surface area contributed by atoms with Gasteiger partial charge >= 0.3 is 0 Å². The van der Waals surface area contributed by atoms with E-state index >= 15 is 0 Å². The first-order valence-corrected chi connectivity index (χ1v) is 21.9. The van der Waals surface area contributed by atoms with Crippen LogP contribution in [0.25, 0.3) is 32.7 Å². The molecule has 0 radical (unpaired) electrons. The molecule has 0 spiro atoms. The molecule has 1 aliphatic heterocycles. The Balaban J connectivity index is 1.17. The first kappa shape index (κ1) is 31.4. The van der Waals surface area contributed by atoms with Gasteiger partial charge in [0, 0.05) is 49.0 Å². The summed E-state index contributed by atoms with van der Waals surface area (Å²) in [4.78, 5) is 7.35. The zero-order chi connectivity index (χ0) is 34.5. The van der Waals surface area contributed by atoms with Gasteiger partial charge in [0.1, 0.15) is 0 Å². The summed E-state index contributed by atoms with van der Waals surface area (Å²) in [7, 11) is -1.41. The maximum Gasteiger partial charge on any atom is 0.0775 e. The Morgan fingerprint density at radius 1 is 0.412 bits per heavy atom. The second-order valence-corrected chi connectivity index (χ2v) is 20.4. The minimum Gasteiger partial charge on any atom is -0.310 e. The molecule has 246 valence electrons. The topological polar surface area (TPSA) is 6.48 Å². The fourth-order valence-electron chi connectivity index (χ4n) is 7.39. The second kappa shape index (κ2) is 12.6. The highest BCUT2D eigenvalue weighted by molar-refractivity contribution is 7.99. The molecule has 0 aliphatic carbocycles. The molecule has 0 bridgehead atoms. The van der Waals surface area contributed by atoms with Crippen LogP contribution in [0.5, 0.6) is 0 Å². The molecule has 0 aromatic heterocycles. The highest BCUT2D eigenvalue weighted by atomic mass is 32.2. The van der Waals surface area contributed by atoms with Crippen LogP contribution in [0.4, 0.5) is 34.1 Å². The lowest BCUT2D eigenvalue weighted by Crippen LogP contribution is -2.37.